The van der Waals surface area contributed by atoms with Gasteiger partial charge in [0.05, 0.1) is 7.11 Å². The molecule has 0 aliphatic rings. The van der Waals surface area contributed by atoms with Gasteiger partial charge in [-0.15, -0.1) is 11.6 Å². The summed E-state index contributed by atoms with van der Waals surface area (Å²) in [6.07, 6.45) is 3.16. The average Bonchev–Trinajstić information content (AvgIpc) is 2.29. The van der Waals surface area contributed by atoms with Gasteiger partial charge in [-0.1, -0.05) is 29.8 Å². The summed E-state index contributed by atoms with van der Waals surface area (Å²) in [5.41, 5.74) is 1.24. The first-order valence-corrected chi connectivity index (χ1v) is 7.24. The number of alkyl halides is 1. The molecule has 1 unspecified atom stereocenters. The quantitative estimate of drug-likeness (QED) is 0.667. The van der Waals surface area contributed by atoms with Crippen molar-refractivity contribution < 1.29 is 4.74 Å². The van der Waals surface area contributed by atoms with Crippen LogP contribution >= 0.6 is 27.5 Å². The summed E-state index contributed by atoms with van der Waals surface area (Å²) in [6.45, 7) is 4.33. The highest BCUT2D eigenvalue weighted by molar-refractivity contribution is 9.10. The first kappa shape index (κ1) is 14.8. The van der Waals surface area contributed by atoms with E-state index in [1.165, 1.54) is 5.56 Å². The van der Waals surface area contributed by atoms with Gasteiger partial charge in [0.1, 0.15) is 5.75 Å². The lowest BCUT2D eigenvalue weighted by Crippen LogP contribution is -2.07. The summed E-state index contributed by atoms with van der Waals surface area (Å²) in [5.74, 6) is 1.50. The van der Waals surface area contributed by atoms with Crippen LogP contribution in [-0.4, -0.2) is 12.5 Å². The van der Waals surface area contributed by atoms with Crippen molar-refractivity contribution in [1.29, 1.82) is 0 Å². The number of rotatable bonds is 6. The van der Waals surface area contributed by atoms with Crippen LogP contribution in [0.2, 0.25) is 0 Å². The zero-order valence-electron chi connectivity index (χ0n) is 10.7. The minimum atomic E-state index is 0.271. The van der Waals surface area contributed by atoms with E-state index in [2.05, 4.69) is 35.8 Å². The first-order valence-electron chi connectivity index (χ1n) is 6.01. The molecule has 0 fully saturated rings. The van der Waals surface area contributed by atoms with Crippen LogP contribution in [0.15, 0.2) is 22.7 Å². The van der Waals surface area contributed by atoms with Gasteiger partial charge in [0.2, 0.25) is 0 Å². The van der Waals surface area contributed by atoms with Crippen LogP contribution in [-0.2, 0) is 6.42 Å². The van der Waals surface area contributed by atoms with Gasteiger partial charge in [0, 0.05) is 9.85 Å². The van der Waals surface area contributed by atoms with Gasteiger partial charge in [0.15, 0.2) is 0 Å². The molecule has 3 heteroatoms. The molecule has 1 aromatic rings. The molecule has 0 bridgehead atoms. The minimum Gasteiger partial charge on any atom is -0.496 e. The molecule has 17 heavy (non-hydrogen) atoms. The molecule has 0 N–H and O–H groups in total. The van der Waals surface area contributed by atoms with Gasteiger partial charge >= 0.3 is 0 Å². The Bertz CT molecular complexity index is 352. The predicted molar refractivity (Wildman–Crippen MR) is 78.1 cm³/mol. The number of benzene rings is 1. The number of halogens is 2. The van der Waals surface area contributed by atoms with Crippen LogP contribution in [0.4, 0.5) is 0 Å². The maximum absolute atomic E-state index is 6.25. The Labute approximate surface area is 118 Å². The smallest absolute Gasteiger partial charge is 0.122 e. The zero-order valence-corrected chi connectivity index (χ0v) is 13.0. The number of hydrogen-bond donors (Lipinski definition) is 0. The number of ether oxygens (including phenoxy) is 1. The lowest BCUT2D eigenvalue weighted by atomic mass is 10.0. The number of methoxy groups -OCH3 is 1. The lowest BCUT2D eigenvalue weighted by Gasteiger charge is -2.14. The average molecular weight is 320 g/mol. The molecule has 0 spiro atoms. The number of aryl methyl sites for hydroxylation is 1. The minimum absolute atomic E-state index is 0.271. The molecule has 0 saturated heterocycles. The summed E-state index contributed by atoms with van der Waals surface area (Å²) in [5, 5.41) is 0.271. The van der Waals surface area contributed by atoms with Gasteiger partial charge in [-0.2, -0.15) is 0 Å². The molecule has 0 aliphatic heterocycles. The van der Waals surface area contributed by atoms with Gasteiger partial charge in [-0.05, 0) is 48.9 Å². The second-order valence-electron chi connectivity index (χ2n) is 4.61. The fourth-order valence-corrected chi connectivity index (χ4v) is 2.33. The molecule has 0 heterocycles. The summed E-state index contributed by atoms with van der Waals surface area (Å²) in [4.78, 5) is 0. The van der Waals surface area contributed by atoms with Crippen LogP contribution in [0.3, 0.4) is 0 Å². The van der Waals surface area contributed by atoms with E-state index in [4.69, 9.17) is 16.3 Å². The van der Waals surface area contributed by atoms with E-state index in [9.17, 15) is 0 Å². The summed E-state index contributed by atoms with van der Waals surface area (Å²) >= 11 is 9.73. The van der Waals surface area contributed by atoms with E-state index in [-0.39, 0.29) is 5.38 Å². The van der Waals surface area contributed by atoms with E-state index in [1.54, 1.807) is 7.11 Å². The van der Waals surface area contributed by atoms with Crippen LogP contribution in [0.25, 0.3) is 0 Å². The monoisotopic (exact) mass is 318 g/mol. The molecule has 1 aromatic carbocycles. The van der Waals surface area contributed by atoms with E-state index < -0.39 is 0 Å². The second kappa shape index (κ2) is 7.27. The maximum atomic E-state index is 6.25. The summed E-state index contributed by atoms with van der Waals surface area (Å²) in [6, 6.07) is 6.12. The van der Waals surface area contributed by atoms with Gasteiger partial charge < -0.3 is 4.74 Å². The van der Waals surface area contributed by atoms with Gasteiger partial charge in [-0.25, -0.2) is 0 Å². The Hall–Kier alpha value is -0.210. The molecule has 0 saturated carbocycles. The van der Waals surface area contributed by atoms with Crippen LogP contribution in [0, 0.1) is 5.92 Å². The van der Waals surface area contributed by atoms with Crippen molar-refractivity contribution in [2.24, 2.45) is 5.92 Å². The molecule has 1 rings (SSSR count). The molecular formula is C14H20BrClO. The predicted octanol–water partition coefficient (Wildman–Crippen LogP) is 5.04. The molecule has 0 aromatic heterocycles. The Morgan fingerprint density at radius 3 is 2.65 bits per heavy atom. The molecule has 0 radical (unpaired) electrons. The Morgan fingerprint density at radius 1 is 1.35 bits per heavy atom. The maximum Gasteiger partial charge on any atom is 0.122 e. The third-order valence-corrected chi connectivity index (χ3v) is 4.11. The van der Waals surface area contributed by atoms with Crippen molar-refractivity contribution in [3.05, 3.63) is 28.2 Å². The van der Waals surface area contributed by atoms with E-state index in [0.717, 1.165) is 29.5 Å². The Morgan fingerprint density at radius 2 is 2.06 bits per heavy atom. The topological polar surface area (TPSA) is 9.23 Å². The van der Waals surface area contributed by atoms with Crippen LogP contribution < -0.4 is 4.74 Å². The van der Waals surface area contributed by atoms with Crippen molar-refractivity contribution in [1.82, 2.24) is 0 Å². The Kier molecular flexibility index (Phi) is 6.35. The highest BCUT2D eigenvalue weighted by Crippen LogP contribution is 2.25. The van der Waals surface area contributed by atoms with Crippen molar-refractivity contribution >= 4 is 27.5 Å². The largest absolute Gasteiger partial charge is 0.496 e. The van der Waals surface area contributed by atoms with Crippen molar-refractivity contribution in [3.8, 4) is 5.75 Å². The molecule has 1 atom stereocenters. The van der Waals surface area contributed by atoms with Gasteiger partial charge in [-0.3, -0.25) is 0 Å². The van der Waals surface area contributed by atoms with Crippen LogP contribution in [0.5, 0.6) is 5.75 Å². The van der Waals surface area contributed by atoms with Gasteiger partial charge in [0.25, 0.3) is 0 Å². The van der Waals surface area contributed by atoms with Crippen molar-refractivity contribution in [2.45, 2.75) is 38.5 Å². The fourth-order valence-electron chi connectivity index (χ4n) is 1.76. The SMILES string of the molecule is COc1ccc(Br)cc1CCCC(Cl)C(C)C. The van der Waals surface area contributed by atoms with Crippen molar-refractivity contribution in [2.75, 3.05) is 7.11 Å². The number of hydrogen-bond acceptors (Lipinski definition) is 1. The molecule has 0 amide bonds. The molecule has 96 valence electrons. The second-order valence-corrected chi connectivity index (χ2v) is 6.08. The lowest BCUT2D eigenvalue weighted by molar-refractivity contribution is 0.408. The highest BCUT2D eigenvalue weighted by atomic mass is 79.9. The first-order chi connectivity index (χ1) is 8.04. The van der Waals surface area contributed by atoms with Crippen LogP contribution in [0.1, 0.15) is 32.3 Å². The molecule has 0 aliphatic carbocycles. The highest BCUT2D eigenvalue weighted by Gasteiger charge is 2.10. The van der Waals surface area contributed by atoms with E-state index >= 15 is 0 Å². The zero-order chi connectivity index (χ0) is 12.8. The summed E-state index contributed by atoms with van der Waals surface area (Å²) < 4.78 is 6.45. The molecule has 1 nitrogen and oxygen atoms in total. The summed E-state index contributed by atoms with van der Waals surface area (Å²) in [7, 11) is 1.71. The Balaban J connectivity index is 2.53. The fraction of sp³-hybridized carbons (Fsp3) is 0.571. The normalized spacial score (nSPS) is 12.8. The van der Waals surface area contributed by atoms with E-state index in [0.29, 0.717) is 5.92 Å². The van der Waals surface area contributed by atoms with Crippen molar-refractivity contribution in [3.63, 3.8) is 0 Å². The third-order valence-electron chi connectivity index (χ3n) is 2.89. The van der Waals surface area contributed by atoms with E-state index in [1.807, 2.05) is 12.1 Å². The third kappa shape index (κ3) is 4.89. The standard InChI is InChI=1S/C14H20BrClO/c1-10(2)13(16)6-4-5-11-9-12(15)7-8-14(11)17-3/h7-10,13H,4-6H2,1-3H3. The molecular weight excluding hydrogens is 300 g/mol.